The zero-order valence-corrected chi connectivity index (χ0v) is 18.4. The Labute approximate surface area is 187 Å². The van der Waals surface area contributed by atoms with E-state index in [1.807, 2.05) is 24.0 Å². The van der Waals surface area contributed by atoms with Gasteiger partial charge in [0.2, 0.25) is 0 Å². The zero-order chi connectivity index (χ0) is 21.7. The summed E-state index contributed by atoms with van der Waals surface area (Å²) in [6, 6.07) is 14.4. The minimum atomic E-state index is 0.0168. The van der Waals surface area contributed by atoms with Crippen molar-refractivity contribution in [2.75, 3.05) is 26.2 Å². The number of carbonyl (C=O) groups excluding carboxylic acids is 1. The van der Waals surface area contributed by atoms with E-state index in [-0.39, 0.29) is 17.2 Å². The molecule has 2 saturated heterocycles. The lowest BCUT2D eigenvalue weighted by atomic mass is 9.71. The van der Waals surface area contributed by atoms with Crippen molar-refractivity contribution < 1.29 is 4.79 Å². The minimum absolute atomic E-state index is 0.0168. The number of aromatic nitrogens is 4. The molecule has 3 fully saturated rings. The third-order valence-corrected chi connectivity index (χ3v) is 7.22. The Hall–Kier alpha value is -3.06. The molecule has 1 unspecified atom stereocenters. The van der Waals surface area contributed by atoms with E-state index in [0.717, 1.165) is 50.1 Å². The summed E-state index contributed by atoms with van der Waals surface area (Å²) >= 11 is 0. The van der Waals surface area contributed by atoms with E-state index in [4.69, 9.17) is 4.98 Å². The second-order valence-corrected chi connectivity index (χ2v) is 9.77. The van der Waals surface area contributed by atoms with Crippen LogP contribution >= 0.6 is 0 Å². The molecule has 3 aliphatic rings. The summed E-state index contributed by atoms with van der Waals surface area (Å²) in [5.41, 5.74) is 2.92. The van der Waals surface area contributed by atoms with E-state index in [0.29, 0.717) is 11.5 Å². The largest absolute Gasteiger partial charge is 0.337 e. The smallest absolute Gasteiger partial charge is 0.255 e. The first-order chi connectivity index (χ1) is 15.6. The molecule has 7 nitrogen and oxygen atoms in total. The normalized spacial score (nSPS) is 22.3. The molecular weight excluding hydrogens is 400 g/mol. The van der Waals surface area contributed by atoms with Crippen LogP contribution in [0.1, 0.15) is 57.9 Å². The Kier molecular flexibility index (Phi) is 4.61. The molecule has 1 atom stereocenters. The van der Waals surface area contributed by atoms with Crippen molar-refractivity contribution in [2.45, 2.75) is 38.1 Å². The minimum Gasteiger partial charge on any atom is -0.337 e. The molecule has 6 rings (SSSR count). The van der Waals surface area contributed by atoms with Crippen LogP contribution < -0.4 is 0 Å². The first kappa shape index (κ1) is 19.6. The van der Waals surface area contributed by atoms with Gasteiger partial charge in [-0.25, -0.2) is 4.98 Å². The monoisotopic (exact) mass is 428 g/mol. The Morgan fingerprint density at radius 1 is 1.12 bits per heavy atom. The average Bonchev–Trinajstić information content (AvgIpc) is 3.39. The molecule has 1 aromatic carbocycles. The number of likely N-dealkylation sites (tertiary alicyclic amines) is 2. The highest BCUT2D eigenvalue weighted by atomic mass is 16.2. The summed E-state index contributed by atoms with van der Waals surface area (Å²) in [7, 11) is 0. The lowest BCUT2D eigenvalue weighted by Gasteiger charge is -2.50. The fourth-order valence-corrected chi connectivity index (χ4v) is 5.33. The molecule has 1 amide bonds. The molecule has 1 spiro atoms. The lowest BCUT2D eigenvalue weighted by Crippen LogP contribution is -2.61. The third kappa shape index (κ3) is 3.50. The van der Waals surface area contributed by atoms with Crippen molar-refractivity contribution in [3.8, 4) is 0 Å². The Bertz CT molecular complexity index is 1110. The van der Waals surface area contributed by atoms with E-state index in [1.165, 1.54) is 18.4 Å². The molecule has 0 bridgehead atoms. The Morgan fingerprint density at radius 3 is 2.66 bits per heavy atom. The molecule has 2 aliphatic heterocycles. The van der Waals surface area contributed by atoms with Gasteiger partial charge in [-0.05, 0) is 37.5 Å². The second kappa shape index (κ2) is 7.52. The maximum absolute atomic E-state index is 13.0. The third-order valence-electron chi connectivity index (χ3n) is 7.22. The topological polar surface area (TPSA) is 78.0 Å². The van der Waals surface area contributed by atoms with Gasteiger partial charge in [-0.15, -0.1) is 0 Å². The number of aromatic amines is 1. The molecule has 0 radical (unpaired) electrons. The summed E-state index contributed by atoms with van der Waals surface area (Å²) in [6.45, 7) is 6.23. The van der Waals surface area contributed by atoms with Crippen LogP contribution in [-0.2, 0) is 6.54 Å². The maximum Gasteiger partial charge on any atom is 0.255 e. The first-order valence-corrected chi connectivity index (χ1v) is 11.5. The molecule has 1 aliphatic carbocycles. The molecule has 3 aromatic rings. The summed E-state index contributed by atoms with van der Waals surface area (Å²) in [6.07, 6.45) is 4.08. The Balaban J connectivity index is 1.23. The Morgan fingerprint density at radius 2 is 1.94 bits per heavy atom. The lowest BCUT2D eigenvalue weighted by molar-refractivity contribution is 0.00177. The molecular formula is C25H28N6O. The second-order valence-electron chi connectivity index (χ2n) is 9.77. The number of nitrogens with one attached hydrogen (secondary N) is 1. The number of hydrogen-bond acceptors (Lipinski definition) is 5. The van der Waals surface area contributed by atoms with Gasteiger partial charge in [0, 0.05) is 61.9 Å². The van der Waals surface area contributed by atoms with Crippen LogP contribution in [0.5, 0.6) is 0 Å². The van der Waals surface area contributed by atoms with Gasteiger partial charge in [0.1, 0.15) is 5.82 Å². The van der Waals surface area contributed by atoms with Gasteiger partial charge in [-0.3, -0.25) is 19.8 Å². The summed E-state index contributed by atoms with van der Waals surface area (Å²) in [5, 5.41) is 7.78. The number of rotatable bonds is 5. The SMILES string of the molecule is Cc1ccc(C(=O)N2CC3(CN(Cc4ccccc4)CC3c3nc(C4CC4)n[nH]3)C2)cn1. The first-order valence-electron chi connectivity index (χ1n) is 11.5. The molecule has 4 heterocycles. The molecule has 1 saturated carbocycles. The van der Waals surface area contributed by atoms with Crippen molar-refractivity contribution in [3.05, 3.63) is 77.1 Å². The van der Waals surface area contributed by atoms with E-state index < -0.39 is 0 Å². The predicted octanol–water partition coefficient (Wildman–Crippen LogP) is 3.13. The van der Waals surface area contributed by atoms with Gasteiger partial charge in [0.25, 0.3) is 5.91 Å². The predicted molar refractivity (Wildman–Crippen MR) is 120 cm³/mol. The van der Waals surface area contributed by atoms with Gasteiger partial charge >= 0.3 is 0 Å². The van der Waals surface area contributed by atoms with Gasteiger partial charge in [-0.2, -0.15) is 5.10 Å². The van der Waals surface area contributed by atoms with Crippen molar-refractivity contribution in [1.82, 2.24) is 30.0 Å². The summed E-state index contributed by atoms with van der Waals surface area (Å²) < 4.78 is 0. The highest BCUT2D eigenvalue weighted by molar-refractivity contribution is 5.94. The van der Waals surface area contributed by atoms with Gasteiger partial charge in [0.05, 0.1) is 5.56 Å². The van der Waals surface area contributed by atoms with Crippen LogP contribution in [-0.4, -0.2) is 62.1 Å². The van der Waals surface area contributed by atoms with Gasteiger partial charge in [0.15, 0.2) is 5.82 Å². The van der Waals surface area contributed by atoms with E-state index in [1.54, 1.807) is 6.20 Å². The standard InChI is InChI=1S/C25H28N6O/c1-17-7-8-20(11-26-17)24(32)31-15-25(16-31)14-30(12-18-5-3-2-4-6-18)13-21(25)23-27-22(28-29-23)19-9-10-19/h2-8,11,19,21H,9-10,12-16H2,1H3,(H,27,28,29). The number of benzene rings is 1. The average molecular weight is 429 g/mol. The van der Waals surface area contributed by atoms with Crippen LogP contribution in [0, 0.1) is 12.3 Å². The fraction of sp³-hybridized carbons (Fsp3) is 0.440. The van der Waals surface area contributed by atoms with Gasteiger partial charge < -0.3 is 4.90 Å². The molecule has 2 aromatic heterocycles. The van der Waals surface area contributed by atoms with Crippen molar-refractivity contribution >= 4 is 5.91 Å². The highest BCUT2D eigenvalue weighted by Gasteiger charge is 2.57. The number of H-pyrrole nitrogens is 1. The quantitative estimate of drug-likeness (QED) is 0.676. The van der Waals surface area contributed by atoms with E-state index in [9.17, 15) is 4.79 Å². The molecule has 32 heavy (non-hydrogen) atoms. The summed E-state index contributed by atoms with van der Waals surface area (Å²) in [5.74, 6) is 2.82. The van der Waals surface area contributed by atoms with Crippen molar-refractivity contribution in [3.63, 3.8) is 0 Å². The highest BCUT2D eigenvalue weighted by Crippen LogP contribution is 2.49. The number of carbonyl (C=O) groups is 1. The van der Waals surface area contributed by atoms with Crippen LogP contribution in [0.25, 0.3) is 0 Å². The molecule has 7 heteroatoms. The number of hydrogen-bond donors (Lipinski definition) is 1. The van der Waals surface area contributed by atoms with Crippen LogP contribution in [0.4, 0.5) is 0 Å². The fourth-order valence-electron chi connectivity index (χ4n) is 5.33. The molecule has 1 N–H and O–H groups in total. The zero-order valence-electron chi connectivity index (χ0n) is 18.4. The number of amides is 1. The number of aryl methyl sites for hydroxylation is 1. The van der Waals surface area contributed by atoms with E-state index in [2.05, 4.69) is 50.4 Å². The van der Waals surface area contributed by atoms with E-state index >= 15 is 0 Å². The van der Waals surface area contributed by atoms with Crippen molar-refractivity contribution in [2.24, 2.45) is 5.41 Å². The maximum atomic E-state index is 13.0. The summed E-state index contributed by atoms with van der Waals surface area (Å²) in [4.78, 5) is 26.7. The van der Waals surface area contributed by atoms with Crippen LogP contribution in [0.15, 0.2) is 48.7 Å². The number of nitrogens with zero attached hydrogens (tertiary/aromatic N) is 5. The number of pyridine rings is 1. The van der Waals surface area contributed by atoms with Crippen molar-refractivity contribution in [1.29, 1.82) is 0 Å². The van der Waals surface area contributed by atoms with Gasteiger partial charge in [-0.1, -0.05) is 30.3 Å². The van der Waals surface area contributed by atoms with Crippen LogP contribution in [0.2, 0.25) is 0 Å². The van der Waals surface area contributed by atoms with Crippen LogP contribution in [0.3, 0.4) is 0 Å². The molecule has 164 valence electrons.